The molecule has 0 saturated heterocycles. The van der Waals surface area contributed by atoms with Crippen molar-refractivity contribution in [3.63, 3.8) is 0 Å². The van der Waals surface area contributed by atoms with Crippen LogP contribution < -0.4 is 16.4 Å². The number of amides is 2. The Morgan fingerprint density at radius 3 is 2.45 bits per heavy atom. The second-order valence-electron chi connectivity index (χ2n) is 3.79. The average Bonchev–Trinajstić information content (AvgIpc) is 2.37. The van der Waals surface area contributed by atoms with Gasteiger partial charge in [0, 0.05) is 6.54 Å². The van der Waals surface area contributed by atoms with E-state index in [1.54, 1.807) is 0 Å². The number of nitrogens with two attached hydrogens (primary N) is 1. The summed E-state index contributed by atoms with van der Waals surface area (Å²) in [4.78, 5) is 32.7. The summed E-state index contributed by atoms with van der Waals surface area (Å²) in [5.74, 6) is -3.22. The van der Waals surface area contributed by atoms with Gasteiger partial charge in [-0.05, 0) is 12.1 Å². The molecule has 108 valence electrons. The smallest absolute Gasteiger partial charge is 0.339 e. The number of carbonyl (C=O) groups excluding carboxylic acids is 1. The van der Waals surface area contributed by atoms with E-state index in [9.17, 15) is 19.5 Å². The number of nitrogens with one attached hydrogen (secondary N) is 2. The summed E-state index contributed by atoms with van der Waals surface area (Å²) < 4.78 is 0. The first kappa shape index (κ1) is 15.2. The van der Waals surface area contributed by atoms with Gasteiger partial charge in [-0.25, -0.2) is 9.59 Å². The van der Waals surface area contributed by atoms with Crippen molar-refractivity contribution in [3.8, 4) is 5.75 Å². The average molecular weight is 283 g/mol. The Balaban J connectivity index is 2.69. The van der Waals surface area contributed by atoms with Crippen LogP contribution in [-0.4, -0.2) is 45.9 Å². The van der Waals surface area contributed by atoms with Crippen molar-refractivity contribution in [2.24, 2.45) is 5.73 Å². The summed E-state index contributed by atoms with van der Waals surface area (Å²) in [7, 11) is 0. The van der Waals surface area contributed by atoms with Gasteiger partial charge in [-0.1, -0.05) is 6.07 Å². The fourth-order valence-corrected chi connectivity index (χ4v) is 1.27. The molecule has 2 amide bonds. The molecule has 0 aliphatic rings. The molecule has 0 saturated carbocycles. The van der Waals surface area contributed by atoms with Gasteiger partial charge < -0.3 is 31.7 Å². The van der Waals surface area contributed by atoms with Gasteiger partial charge in [-0.2, -0.15) is 0 Å². The lowest BCUT2D eigenvalue weighted by Gasteiger charge is -2.11. The van der Waals surface area contributed by atoms with Crippen LogP contribution in [0.3, 0.4) is 0 Å². The zero-order valence-corrected chi connectivity index (χ0v) is 10.2. The van der Waals surface area contributed by atoms with E-state index >= 15 is 0 Å². The number of hydrogen-bond acceptors (Lipinski definition) is 5. The van der Waals surface area contributed by atoms with E-state index < -0.39 is 29.8 Å². The van der Waals surface area contributed by atoms with Crippen molar-refractivity contribution in [3.05, 3.63) is 23.8 Å². The van der Waals surface area contributed by atoms with E-state index in [2.05, 4.69) is 10.6 Å². The highest BCUT2D eigenvalue weighted by molar-refractivity contribution is 5.97. The van der Waals surface area contributed by atoms with Crippen LogP contribution in [0.1, 0.15) is 10.4 Å². The first-order valence-corrected chi connectivity index (χ1v) is 5.41. The normalized spacial score (nSPS) is 11.4. The van der Waals surface area contributed by atoms with E-state index in [0.717, 1.165) is 0 Å². The predicted molar refractivity (Wildman–Crippen MR) is 67.7 cm³/mol. The molecule has 1 rings (SSSR count). The minimum absolute atomic E-state index is 0.119. The van der Waals surface area contributed by atoms with Crippen LogP contribution in [-0.2, 0) is 4.79 Å². The summed E-state index contributed by atoms with van der Waals surface area (Å²) in [6.45, 7) is -0.319. The number of anilines is 1. The highest BCUT2D eigenvalue weighted by Gasteiger charge is 2.16. The first-order chi connectivity index (χ1) is 9.32. The van der Waals surface area contributed by atoms with Gasteiger partial charge >= 0.3 is 18.0 Å². The maximum atomic E-state index is 11.4. The number of para-hydroxylation sites is 1. The fraction of sp³-hybridized carbons (Fsp3) is 0.182. The van der Waals surface area contributed by atoms with Crippen molar-refractivity contribution in [1.82, 2.24) is 5.32 Å². The molecule has 9 nitrogen and oxygen atoms in total. The number of carboxylic acid groups (broad SMARTS) is 2. The summed E-state index contributed by atoms with van der Waals surface area (Å²) in [6.07, 6.45) is 0. The molecule has 7 N–H and O–H groups in total. The number of benzene rings is 1. The van der Waals surface area contributed by atoms with Crippen molar-refractivity contribution in [1.29, 1.82) is 0 Å². The van der Waals surface area contributed by atoms with E-state index in [1.807, 2.05) is 0 Å². The largest absolute Gasteiger partial charge is 0.505 e. The van der Waals surface area contributed by atoms with Crippen LogP contribution >= 0.6 is 0 Å². The van der Waals surface area contributed by atoms with Crippen molar-refractivity contribution >= 4 is 23.7 Å². The topological polar surface area (TPSA) is 162 Å². The van der Waals surface area contributed by atoms with Crippen LogP contribution in [0.4, 0.5) is 10.5 Å². The van der Waals surface area contributed by atoms with Gasteiger partial charge in [0.05, 0.1) is 5.69 Å². The molecular formula is C11H13N3O6. The lowest BCUT2D eigenvalue weighted by atomic mass is 10.1. The van der Waals surface area contributed by atoms with Crippen LogP contribution in [0, 0.1) is 0 Å². The number of urea groups is 1. The Morgan fingerprint density at radius 2 is 1.90 bits per heavy atom. The zero-order chi connectivity index (χ0) is 15.3. The number of aromatic hydroxyl groups is 1. The van der Waals surface area contributed by atoms with Gasteiger partial charge in [-0.15, -0.1) is 0 Å². The number of hydrogen-bond donors (Lipinski definition) is 6. The Bertz CT molecular complexity index is 545. The molecule has 1 aromatic carbocycles. The molecule has 9 heteroatoms. The van der Waals surface area contributed by atoms with E-state index in [-0.39, 0.29) is 17.8 Å². The van der Waals surface area contributed by atoms with Crippen molar-refractivity contribution < 1.29 is 29.7 Å². The second-order valence-corrected chi connectivity index (χ2v) is 3.79. The third-order valence-corrected chi connectivity index (χ3v) is 2.31. The number of aliphatic carboxylic acids is 1. The summed E-state index contributed by atoms with van der Waals surface area (Å²) in [6, 6.07) is 1.71. The second kappa shape index (κ2) is 6.38. The maximum Gasteiger partial charge on any atom is 0.339 e. The van der Waals surface area contributed by atoms with Crippen LogP contribution in [0.2, 0.25) is 0 Å². The Labute approximate surface area is 113 Å². The number of phenols is 1. The molecule has 20 heavy (non-hydrogen) atoms. The fourth-order valence-electron chi connectivity index (χ4n) is 1.27. The molecule has 0 radical (unpaired) electrons. The van der Waals surface area contributed by atoms with Gasteiger partial charge in [-0.3, -0.25) is 4.79 Å². The highest BCUT2D eigenvalue weighted by atomic mass is 16.4. The van der Waals surface area contributed by atoms with Gasteiger partial charge in [0.1, 0.15) is 11.6 Å². The molecule has 0 heterocycles. The third-order valence-electron chi connectivity index (χ3n) is 2.31. The summed E-state index contributed by atoms with van der Waals surface area (Å²) >= 11 is 0. The number of rotatable bonds is 5. The Hall–Kier alpha value is -2.81. The quantitative estimate of drug-likeness (QED) is 0.401. The molecular weight excluding hydrogens is 270 g/mol. The molecule has 0 spiro atoms. The summed E-state index contributed by atoms with van der Waals surface area (Å²) in [5, 5.41) is 31.3. The van der Waals surface area contributed by atoms with E-state index in [1.165, 1.54) is 18.2 Å². The molecule has 1 atom stereocenters. The van der Waals surface area contributed by atoms with Gasteiger partial charge in [0.25, 0.3) is 0 Å². The minimum Gasteiger partial charge on any atom is -0.505 e. The van der Waals surface area contributed by atoms with E-state index in [0.29, 0.717) is 0 Å². The van der Waals surface area contributed by atoms with Crippen LogP contribution in [0.25, 0.3) is 0 Å². The molecule has 0 aliphatic heterocycles. The molecule has 0 fully saturated rings. The maximum absolute atomic E-state index is 11.4. The Kier molecular flexibility index (Phi) is 4.87. The zero-order valence-electron chi connectivity index (χ0n) is 10.2. The number of aromatic carboxylic acids is 1. The van der Waals surface area contributed by atoms with Gasteiger partial charge in [0.15, 0.2) is 5.75 Å². The minimum atomic E-state index is -1.35. The SMILES string of the molecule is N[C@@H](CNC(=O)Nc1cccc(C(=O)O)c1O)C(=O)O. The lowest BCUT2D eigenvalue weighted by Crippen LogP contribution is -2.43. The molecule has 1 aromatic rings. The van der Waals surface area contributed by atoms with Crippen molar-refractivity contribution in [2.45, 2.75) is 6.04 Å². The van der Waals surface area contributed by atoms with E-state index in [4.69, 9.17) is 15.9 Å². The van der Waals surface area contributed by atoms with Gasteiger partial charge in [0.2, 0.25) is 0 Å². The monoisotopic (exact) mass is 283 g/mol. The molecule has 0 bridgehead atoms. The summed E-state index contributed by atoms with van der Waals surface area (Å²) in [5.41, 5.74) is 4.69. The Morgan fingerprint density at radius 1 is 1.25 bits per heavy atom. The predicted octanol–water partition coefficient (Wildman–Crippen LogP) is -0.376. The molecule has 0 aliphatic carbocycles. The first-order valence-electron chi connectivity index (χ1n) is 5.41. The van der Waals surface area contributed by atoms with Crippen LogP contribution in [0.15, 0.2) is 18.2 Å². The van der Waals surface area contributed by atoms with Crippen molar-refractivity contribution in [2.75, 3.05) is 11.9 Å². The molecule has 0 aromatic heterocycles. The molecule has 0 unspecified atom stereocenters. The highest BCUT2D eigenvalue weighted by Crippen LogP contribution is 2.27. The number of carboxylic acids is 2. The standard InChI is InChI=1S/C11H13N3O6/c12-6(10(18)19)4-13-11(20)14-7-3-1-2-5(8(7)15)9(16)17/h1-3,6,15H,4,12H2,(H,16,17)(H,18,19)(H2,13,14,20)/t6-/m0/s1. The lowest BCUT2D eigenvalue weighted by molar-refractivity contribution is -0.138. The number of carbonyl (C=O) groups is 3. The third kappa shape index (κ3) is 3.85. The van der Waals surface area contributed by atoms with Crippen LogP contribution in [0.5, 0.6) is 5.75 Å².